The minimum atomic E-state index is -0.442. The number of fused-ring (bicyclic) bond motifs is 1. The lowest BCUT2D eigenvalue weighted by Gasteiger charge is -2.11. The molecule has 4 aromatic rings. The van der Waals surface area contributed by atoms with Gasteiger partial charge in [0.25, 0.3) is 5.91 Å². The predicted octanol–water partition coefficient (Wildman–Crippen LogP) is 4.31. The van der Waals surface area contributed by atoms with Crippen molar-refractivity contribution in [3.63, 3.8) is 0 Å². The van der Waals surface area contributed by atoms with Gasteiger partial charge in [-0.2, -0.15) is 0 Å². The quantitative estimate of drug-likeness (QED) is 0.532. The molecule has 7 heteroatoms. The molecule has 0 aliphatic carbocycles. The zero-order chi connectivity index (χ0) is 20.2. The molecule has 0 fully saturated rings. The Balaban J connectivity index is 1.46. The van der Waals surface area contributed by atoms with Gasteiger partial charge in [0.05, 0.1) is 18.5 Å². The van der Waals surface area contributed by atoms with Crippen molar-refractivity contribution in [3.05, 3.63) is 90.1 Å². The summed E-state index contributed by atoms with van der Waals surface area (Å²) < 4.78 is 26.1. The van der Waals surface area contributed by atoms with Gasteiger partial charge < -0.3 is 19.2 Å². The third kappa shape index (κ3) is 4.19. The fourth-order valence-corrected chi connectivity index (χ4v) is 2.90. The fraction of sp³-hybridized carbons (Fsp3) is 0.0909. The Labute approximate surface area is 166 Å². The summed E-state index contributed by atoms with van der Waals surface area (Å²) in [6.07, 6.45) is 3.81. The topological polar surface area (TPSA) is 64.9 Å². The summed E-state index contributed by atoms with van der Waals surface area (Å²) in [4.78, 5) is 17.1. The van der Waals surface area contributed by atoms with E-state index < -0.39 is 5.82 Å². The van der Waals surface area contributed by atoms with Gasteiger partial charge in [-0.1, -0.05) is 12.1 Å². The Morgan fingerprint density at radius 3 is 2.86 bits per heavy atom. The molecule has 0 unspecified atom stereocenters. The molecule has 1 amide bonds. The number of methoxy groups -OCH3 is 1. The summed E-state index contributed by atoms with van der Waals surface area (Å²) in [5.41, 5.74) is 2.41. The number of carbonyl (C=O) groups excluding carboxylic acids is 1. The first-order valence-electron chi connectivity index (χ1n) is 8.93. The van der Waals surface area contributed by atoms with Crippen LogP contribution in [0.25, 0.3) is 5.65 Å². The maximum Gasteiger partial charge on any atom is 0.255 e. The molecular formula is C22H18FN3O3. The Bertz CT molecular complexity index is 1140. The van der Waals surface area contributed by atoms with E-state index in [2.05, 4.69) is 10.3 Å². The Kier molecular flexibility index (Phi) is 5.11. The molecule has 0 aliphatic rings. The van der Waals surface area contributed by atoms with Gasteiger partial charge in [0.2, 0.25) is 0 Å². The van der Waals surface area contributed by atoms with Crippen molar-refractivity contribution in [1.29, 1.82) is 0 Å². The van der Waals surface area contributed by atoms with Gasteiger partial charge >= 0.3 is 0 Å². The zero-order valence-corrected chi connectivity index (χ0v) is 15.6. The Morgan fingerprint density at radius 1 is 1.14 bits per heavy atom. The highest BCUT2D eigenvalue weighted by Crippen LogP contribution is 2.26. The smallest absolute Gasteiger partial charge is 0.255 e. The van der Waals surface area contributed by atoms with E-state index in [1.165, 1.54) is 25.3 Å². The van der Waals surface area contributed by atoms with Crippen LogP contribution in [0.4, 0.5) is 10.1 Å². The number of carbonyl (C=O) groups is 1. The Hall–Kier alpha value is -3.87. The number of nitrogens with one attached hydrogen (secondary N) is 1. The van der Waals surface area contributed by atoms with Crippen molar-refractivity contribution in [1.82, 2.24) is 9.38 Å². The zero-order valence-electron chi connectivity index (χ0n) is 15.6. The highest BCUT2D eigenvalue weighted by atomic mass is 19.1. The maximum absolute atomic E-state index is 13.3. The molecule has 29 heavy (non-hydrogen) atoms. The van der Waals surface area contributed by atoms with Gasteiger partial charge in [-0.15, -0.1) is 0 Å². The predicted molar refractivity (Wildman–Crippen MR) is 107 cm³/mol. The number of aromatic nitrogens is 2. The molecule has 2 heterocycles. The monoisotopic (exact) mass is 391 g/mol. The van der Waals surface area contributed by atoms with Gasteiger partial charge in [-0.05, 0) is 42.5 Å². The number of benzene rings is 2. The first kappa shape index (κ1) is 18.5. The number of hydrogen-bond acceptors (Lipinski definition) is 4. The molecule has 0 radical (unpaired) electrons. The highest BCUT2D eigenvalue weighted by Gasteiger charge is 2.12. The molecule has 1 N–H and O–H groups in total. The summed E-state index contributed by atoms with van der Waals surface area (Å²) in [6.45, 7) is 0.276. The lowest BCUT2D eigenvalue weighted by atomic mass is 10.2. The second-order valence-electron chi connectivity index (χ2n) is 6.31. The SMILES string of the molecule is COc1cc(F)ccc1NC(=O)c1cccc(OCc2cn3ccccc3n2)c1. The summed E-state index contributed by atoms with van der Waals surface area (Å²) >= 11 is 0. The third-order valence-electron chi connectivity index (χ3n) is 4.31. The summed E-state index contributed by atoms with van der Waals surface area (Å²) in [6, 6.07) is 16.5. The second-order valence-corrected chi connectivity index (χ2v) is 6.31. The Morgan fingerprint density at radius 2 is 2.03 bits per heavy atom. The van der Waals surface area contributed by atoms with Crippen molar-refractivity contribution in [3.8, 4) is 11.5 Å². The first-order valence-corrected chi connectivity index (χ1v) is 8.93. The standard InChI is InChI=1S/C22H18FN3O3/c1-28-20-12-16(23)8-9-19(20)25-22(27)15-5-4-6-18(11-15)29-14-17-13-26-10-3-2-7-21(26)24-17/h2-13H,14H2,1H3,(H,25,27). The fourth-order valence-electron chi connectivity index (χ4n) is 2.90. The number of hydrogen-bond donors (Lipinski definition) is 1. The van der Waals surface area contributed by atoms with E-state index in [0.717, 1.165) is 11.3 Å². The lowest BCUT2D eigenvalue weighted by molar-refractivity contribution is 0.102. The number of amides is 1. The molecule has 2 aromatic heterocycles. The number of nitrogens with zero attached hydrogens (tertiary/aromatic N) is 2. The van der Waals surface area contributed by atoms with E-state index in [-0.39, 0.29) is 18.3 Å². The van der Waals surface area contributed by atoms with E-state index in [9.17, 15) is 9.18 Å². The summed E-state index contributed by atoms with van der Waals surface area (Å²) in [5, 5.41) is 2.72. The van der Waals surface area contributed by atoms with Crippen LogP contribution in [0.2, 0.25) is 0 Å². The number of anilines is 1. The normalized spacial score (nSPS) is 10.7. The molecular weight excluding hydrogens is 373 g/mol. The van der Waals surface area contributed by atoms with Crippen molar-refractivity contribution in [2.24, 2.45) is 0 Å². The van der Waals surface area contributed by atoms with Crippen molar-refractivity contribution < 1.29 is 18.7 Å². The van der Waals surface area contributed by atoms with Crippen LogP contribution < -0.4 is 14.8 Å². The number of rotatable bonds is 6. The average Bonchev–Trinajstić information content (AvgIpc) is 3.16. The van der Waals surface area contributed by atoms with Gasteiger partial charge in [0.15, 0.2) is 0 Å². The van der Waals surface area contributed by atoms with Crippen molar-refractivity contribution in [2.75, 3.05) is 12.4 Å². The van der Waals surface area contributed by atoms with Crippen LogP contribution in [-0.2, 0) is 6.61 Å². The van der Waals surface area contributed by atoms with Gasteiger partial charge in [0, 0.05) is 24.0 Å². The van der Waals surface area contributed by atoms with Gasteiger partial charge in [0.1, 0.15) is 29.6 Å². The van der Waals surface area contributed by atoms with Crippen LogP contribution in [-0.4, -0.2) is 22.4 Å². The molecule has 0 spiro atoms. The van der Waals surface area contributed by atoms with Crippen molar-refractivity contribution >= 4 is 17.2 Å². The van der Waals surface area contributed by atoms with E-state index in [1.54, 1.807) is 24.3 Å². The first-order chi connectivity index (χ1) is 14.1. The van der Waals surface area contributed by atoms with Crippen LogP contribution in [0.5, 0.6) is 11.5 Å². The van der Waals surface area contributed by atoms with Crippen LogP contribution in [0.3, 0.4) is 0 Å². The minimum absolute atomic E-state index is 0.248. The third-order valence-corrected chi connectivity index (χ3v) is 4.31. The lowest BCUT2D eigenvalue weighted by Crippen LogP contribution is -2.13. The minimum Gasteiger partial charge on any atom is -0.494 e. The van der Waals surface area contributed by atoms with E-state index >= 15 is 0 Å². The number of ether oxygens (including phenoxy) is 2. The molecule has 0 saturated heterocycles. The van der Waals surface area contributed by atoms with Gasteiger partial charge in [-0.3, -0.25) is 4.79 Å². The second kappa shape index (κ2) is 8.02. The highest BCUT2D eigenvalue weighted by molar-refractivity contribution is 6.05. The number of halogens is 1. The molecule has 0 saturated carbocycles. The van der Waals surface area contributed by atoms with Crippen LogP contribution >= 0.6 is 0 Å². The van der Waals surface area contributed by atoms with E-state index in [4.69, 9.17) is 9.47 Å². The summed E-state index contributed by atoms with van der Waals surface area (Å²) in [5.74, 6) is -0.00587. The average molecular weight is 391 g/mol. The van der Waals surface area contributed by atoms with Crippen LogP contribution in [0.15, 0.2) is 73.1 Å². The number of pyridine rings is 1. The summed E-state index contributed by atoms with van der Waals surface area (Å²) in [7, 11) is 1.41. The van der Waals surface area contributed by atoms with E-state index in [0.29, 0.717) is 17.0 Å². The molecule has 2 aromatic carbocycles. The van der Waals surface area contributed by atoms with Crippen molar-refractivity contribution in [2.45, 2.75) is 6.61 Å². The molecule has 4 rings (SSSR count). The number of imidazole rings is 1. The molecule has 6 nitrogen and oxygen atoms in total. The molecule has 0 atom stereocenters. The maximum atomic E-state index is 13.3. The van der Waals surface area contributed by atoms with Crippen LogP contribution in [0, 0.1) is 5.82 Å². The van der Waals surface area contributed by atoms with E-state index in [1.807, 2.05) is 35.0 Å². The van der Waals surface area contributed by atoms with Crippen LogP contribution in [0.1, 0.15) is 16.1 Å². The molecule has 0 aliphatic heterocycles. The van der Waals surface area contributed by atoms with Gasteiger partial charge in [-0.25, -0.2) is 9.37 Å². The molecule has 0 bridgehead atoms. The largest absolute Gasteiger partial charge is 0.494 e. The molecule has 146 valence electrons.